The molecular weight excluding hydrogens is 367 g/mol. The van der Waals surface area contributed by atoms with E-state index in [0.29, 0.717) is 43.4 Å². The van der Waals surface area contributed by atoms with E-state index >= 15 is 0 Å². The van der Waals surface area contributed by atoms with Crippen LogP contribution in [0.2, 0.25) is 10.0 Å². The molecule has 1 aliphatic rings. The van der Waals surface area contributed by atoms with Crippen molar-refractivity contribution in [3.8, 4) is 0 Å². The molecule has 0 heterocycles. The first kappa shape index (κ1) is 16.8. The first-order chi connectivity index (χ1) is 12.6. The Morgan fingerprint density at radius 1 is 0.500 bits per heavy atom. The van der Waals surface area contributed by atoms with Gasteiger partial charge in [-0.25, -0.2) is 0 Å². The van der Waals surface area contributed by atoms with Crippen LogP contribution in [-0.4, -0.2) is 11.6 Å². The van der Waals surface area contributed by atoms with Gasteiger partial charge in [0.1, 0.15) is 0 Å². The molecule has 0 aromatic heterocycles. The van der Waals surface area contributed by atoms with Crippen LogP contribution in [0, 0.1) is 0 Å². The van der Waals surface area contributed by atoms with Crippen molar-refractivity contribution in [2.75, 3.05) is 0 Å². The maximum Gasteiger partial charge on any atom is 0.195 e. The highest BCUT2D eigenvalue weighted by atomic mass is 35.5. The van der Waals surface area contributed by atoms with Gasteiger partial charge in [-0.05, 0) is 35.4 Å². The number of hydrogen-bond acceptors (Lipinski definition) is 2. The summed E-state index contributed by atoms with van der Waals surface area (Å²) in [4.78, 5) is 26.5. The van der Waals surface area contributed by atoms with E-state index in [1.165, 1.54) is 0 Å². The number of allylic oxidation sites excluding steroid dienone is 2. The van der Waals surface area contributed by atoms with Gasteiger partial charge in [0.25, 0.3) is 0 Å². The Morgan fingerprint density at radius 3 is 1.19 bits per heavy atom. The van der Waals surface area contributed by atoms with Crippen molar-refractivity contribution in [3.63, 3.8) is 0 Å². The average Bonchev–Trinajstić information content (AvgIpc) is 2.66. The lowest BCUT2D eigenvalue weighted by Gasteiger charge is -2.21. The monoisotopic (exact) mass is 378 g/mol. The van der Waals surface area contributed by atoms with E-state index < -0.39 is 0 Å². The zero-order valence-electron chi connectivity index (χ0n) is 13.5. The minimum Gasteiger partial charge on any atom is -0.289 e. The summed E-state index contributed by atoms with van der Waals surface area (Å²) >= 11 is 12.0. The Balaban J connectivity index is 2.03. The molecule has 0 atom stereocenters. The number of fused-ring (bicyclic) bond motifs is 1. The number of benzene rings is 3. The highest BCUT2D eigenvalue weighted by Gasteiger charge is 2.33. The van der Waals surface area contributed by atoms with Gasteiger partial charge in [-0.1, -0.05) is 71.7 Å². The van der Waals surface area contributed by atoms with E-state index in [1.807, 2.05) is 0 Å². The van der Waals surface area contributed by atoms with Crippen LogP contribution in [0.4, 0.5) is 0 Å². The molecule has 2 nitrogen and oxygen atoms in total. The van der Waals surface area contributed by atoms with Crippen LogP contribution in [0.5, 0.6) is 0 Å². The molecule has 126 valence electrons. The van der Waals surface area contributed by atoms with Gasteiger partial charge in [0.2, 0.25) is 0 Å². The van der Waals surface area contributed by atoms with Gasteiger partial charge in [0.05, 0.1) is 0 Å². The van der Waals surface area contributed by atoms with E-state index in [2.05, 4.69) is 0 Å². The molecule has 0 N–H and O–H groups in total. The van der Waals surface area contributed by atoms with Crippen molar-refractivity contribution in [1.82, 2.24) is 0 Å². The van der Waals surface area contributed by atoms with Crippen LogP contribution in [0.1, 0.15) is 31.8 Å². The molecule has 0 fully saturated rings. The number of carbonyl (C=O) groups excluding carboxylic acids is 2. The molecule has 0 amide bonds. The summed E-state index contributed by atoms with van der Waals surface area (Å²) in [6.07, 6.45) is 0. The normalized spacial score (nSPS) is 13.8. The SMILES string of the molecule is O=C1C(c2ccc(Cl)cc2)=C(c2ccc(Cl)cc2)C(=O)c2ccccc21. The van der Waals surface area contributed by atoms with E-state index in [4.69, 9.17) is 23.2 Å². The maximum atomic E-state index is 13.2. The quantitative estimate of drug-likeness (QED) is 0.549. The fourth-order valence-corrected chi connectivity index (χ4v) is 3.41. The highest BCUT2D eigenvalue weighted by Crippen LogP contribution is 2.38. The predicted molar refractivity (Wildman–Crippen MR) is 105 cm³/mol. The van der Waals surface area contributed by atoms with Gasteiger partial charge in [-0.15, -0.1) is 0 Å². The zero-order chi connectivity index (χ0) is 18.3. The molecule has 0 spiro atoms. The highest BCUT2D eigenvalue weighted by molar-refractivity contribution is 6.52. The van der Waals surface area contributed by atoms with Crippen LogP contribution >= 0.6 is 23.2 Å². The lowest BCUT2D eigenvalue weighted by molar-refractivity contribution is 0.101. The summed E-state index contributed by atoms with van der Waals surface area (Å²) in [7, 11) is 0. The van der Waals surface area contributed by atoms with Crippen molar-refractivity contribution < 1.29 is 9.59 Å². The topological polar surface area (TPSA) is 34.1 Å². The summed E-state index contributed by atoms with van der Waals surface area (Å²) < 4.78 is 0. The third-order valence-corrected chi connectivity index (χ3v) is 4.89. The molecule has 1 aliphatic carbocycles. The lowest BCUT2D eigenvalue weighted by atomic mass is 9.79. The summed E-state index contributed by atoms with van der Waals surface area (Å²) in [5, 5.41) is 1.13. The minimum absolute atomic E-state index is 0.174. The Hall–Kier alpha value is -2.68. The number of Topliss-reactive ketones (excluding diaryl/α,β-unsaturated/α-hetero) is 2. The molecule has 0 radical (unpaired) electrons. The molecule has 4 rings (SSSR count). The number of carbonyl (C=O) groups is 2. The third kappa shape index (κ3) is 2.78. The second kappa shape index (κ2) is 6.56. The van der Waals surface area contributed by atoms with E-state index in [0.717, 1.165) is 0 Å². The van der Waals surface area contributed by atoms with Crippen LogP contribution in [-0.2, 0) is 0 Å². The molecule has 3 aromatic carbocycles. The van der Waals surface area contributed by atoms with Gasteiger partial charge in [0.15, 0.2) is 11.6 Å². The predicted octanol–water partition coefficient (Wildman–Crippen LogP) is 5.98. The summed E-state index contributed by atoms with van der Waals surface area (Å²) in [5.41, 5.74) is 2.92. The number of halogens is 2. The van der Waals surface area contributed by atoms with Crippen molar-refractivity contribution in [1.29, 1.82) is 0 Å². The van der Waals surface area contributed by atoms with Crippen molar-refractivity contribution >= 4 is 45.9 Å². The Labute approximate surface area is 160 Å². The molecule has 0 unspecified atom stereocenters. The molecule has 3 aromatic rings. The Morgan fingerprint density at radius 2 is 0.846 bits per heavy atom. The second-order valence-corrected chi connectivity index (χ2v) is 6.84. The summed E-state index contributed by atoms with van der Waals surface area (Å²) in [6, 6.07) is 20.8. The van der Waals surface area contributed by atoms with Crippen LogP contribution in [0.25, 0.3) is 11.1 Å². The van der Waals surface area contributed by atoms with Gasteiger partial charge >= 0.3 is 0 Å². The van der Waals surface area contributed by atoms with Gasteiger partial charge in [-0.3, -0.25) is 9.59 Å². The largest absolute Gasteiger partial charge is 0.289 e. The Kier molecular flexibility index (Phi) is 4.23. The number of ketones is 2. The van der Waals surface area contributed by atoms with Gasteiger partial charge in [0, 0.05) is 32.3 Å². The standard InChI is InChI=1S/C22H12Cl2O2/c23-15-9-5-13(6-10-15)19-20(14-7-11-16(24)12-8-14)22(26)18-4-2-1-3-17(18)21(19)25/h1-12H. The fourth-order valence-electron chi connectivity index (χ4n) is 3.16. The zero-order valence-corrected chi connectivity index (χ0v) is 15.0. The van der Waals surface area contributed by atoms with Crippen LogP contribution < -0.4 is 0 Å². The van der Waals surface area contributed by atoms with Crippen molar-refractivity contribution in [2.24, 2.45) is 0 Å². The molecule has 0 aliphatic heterocycles. The third-order valence-electron chi connectivity index (χ3n) is 4.39. The van der Waals surface area contributed by atoms with Gasteiger partial charge in [-0.2, -0.15) is 0 Å². The smallest absolute Gasteiger partial charge is 0.195 e. The van der Waals surface area contributed by atoms with Crippen molar-refractivity contribution in [3.05, 3.63) is 105 Å². The average molecular weight is 379 g/mol. The molecule has 26 heavy (non-hydrogen) atoms. The molecule has 0 bridgehead atoms. The van der Waals surface area contributed by atoms with Crippen LogP contribution in [0.3, 0.4) is 0 Å². The molecular formula is C22H12Cl2O2. The Bertz CT molecular complexity index is 976. The summed E-state index contributed by atoms with van der Waals surface area (Å²) in [6.45, 7) is 0. The first-order valence-corrected chi connectivity index (χ1v) is 8.76. The van der Waals surface area contributed by atoms with E-state index in [-0.39, 0.29) is 11.6 Å². The van der Waals surface area contributed by atoms with Crippen molar-refractivity contribution in [2.45, 2.75) is 0 Å². The lowest BCUT2D eigenvalue weighted by Crippen LogP contribution is -2.20. The first-order valence-electron chi connectivity index (χ1n) is 8.01. The minimum atomic E-state index is -0.174. The number of rotatable bonds is 2. The van der Waals surface area contributed by atoms with Crippen LogP contribution in [0.15, 0.2) is 72.8 Å². The van der Waals surface area contributed by atoms with E-state index in [9.17, 15) is 9.59 Å². The maximum absolute atomic E-state index is 13.2. The fraction of sp³-hybridized carbons (Fsp3) is 0. The second-order valence-electron chi connectivity index (χ2n) is 5.97. The molecule has 0 saturated carbocycles. The summed E-state index contributed by atoms with van der Waals surface area (Å²) in [5.74, 6) is -0.347. The molecule has 4 heteroatoms. The van der Waals surface area contributed by atoms with Gasteiger partial charge < -0.3 is 0 Å². The van der Waals surface area contributed by atoms with E-state index in [1.54, 1.807) is 72.8 Å². The molecule has 0 saturated heterocycles. The number of hydrogen-bond donors (Lipinski definition) is 0.